The van der Waals surface area contributed by atoms with E-state index >= 15 is 0 Å². The van der Waals surface area contributed by atoms with Crippen LogP contribution < -0.4 is 0 Å². The Morgan fingerprint density at radius 1 is 1.00 bits per heavy atom. The van der Waals surface area contributed by atoms with Gasteiger partial charge in [-0.25, -0.2) is 9.97 Å². The van der Waals surface area contributed by atoms with Crippen molar-refractivity contribution < 1.29 is 4.79 Å². The summed E-state index contributed by atoms with van der Waals surface area (Å²) in [6.45, 7) is 2.16. The quantitative estimate of drug-likeness (QED) is 0.442. The minimum absolute atomic E-state index is 0.297. The van der Waals surface area contributed by atoms with Gasteiger partial charge in [0.1, 0.15) is 11.6 Å². The van der Waals surface area contributed by atoms with Gasteiger partial charge in [0, 0.05) is 37.0 Å². The topological polar surface area (TPSA) is 42.9 Å². The molecule has 0 atom stereocenters. The number of aryl methyl sites for hydroxylation is 1. The van der Waals surface area contributed by atoms with Crippen molar-refractivity contribution >= 4 is 17.4 Å². The molecule has 0 spiro atoms. The summed E-state index contributed by atoms with van der Waals surface area (Å²) in [6.07, 6.45) is 18.7. The van der Waals surface area contributed by atoms with Crippen molar-refractivity contribution in [1.82, 2.24) is 9.97 Å². The molecular formula is C24H37ClN2O. The fourth-order valence-corrected chi connectivity index (χ4v) is 5.37. The van der Waals surface area contributed by atoms with Gasteiger partial charge in [0.05, 0.1) is 0 Å². The molecular weight excluding hydrogens is 368 g/mol. The summed E-state index contributed by atoms with van der Waals surface area (Å²) in [5.41, 5.74) is 1.26. The minimum atomic E-state index is 0.297. The lowest BCUT2D eigenvalue weighted by molar-refractivity contribution is -0.125. The normalized spacial score (nSPS) is 28.2. The van der Waals surface area contributed by atoms with Crippen LogP contribution >= 0.6 is 11.6 Å². The molecule has 1 heterocycles. The first kappa shape index (κ1) is 21.7. The smallest absolute Gasteiger partial charge is 0.136 e. The van der Waals surface area contributed by atoms with Crippen molar-refractivity contribution in [2.75, 3.05) is 5.88 Å². The van der Waals surface area contributed by atoms with Crippen molar-refractivity contribution in [2.45, 2.75) is 96.3 Å². The van der Waals surface area contributed by atoms with E-state index in [9.17, 15) is 4.79 Å². The number of alkyl halides is 1. The number of carbonyl (C=O) groups is 1. The molecule has 0 N–H and O–H groups in total. The molecule has 0 bridgehead atoms. The van der Waals surface area contributed by atoms with Crippen molar-refractivity contribution in [3.05, 3.63) is 23.8 Å². The first-order valence-electron chi connectivity index (χ1n) is 11.6. The molecule has 3 rings (SSSR count). The standard InChI is InChI=1S/C24H37ClN2O/c1-2-4-24-26-16-22(17-27-24)20-10-12-21(13-11-20)23(28)15-19-8-6-18(7-9-19)5-3-14-25/h16-21H,2-15H2,1H3/t18-,19-,20-,21-. The van der Waals surface area contributed by atoms with E-state index in [4.69, 9.17) is 11.6 Å². The Balaban J connectivity index is 1.39. The zero-order valence-corrected chi connectivity index (χ0v) is 18.3. The zero-order chi connectivity index (χ0) is 19.8. The van der Waals surface area contributed by atoms with Crippen LogP contribution in [0.3, 0.4) is 0 Å². The van der Waals surface area contributed by atoms with E-state index in [0.29, 0.717) is 23.5 Å². The van der Waals surface area contributed by atoms with Gasteiger partial charge in [0.15, 0.2) is 0 Å². The van der Waals surface area contributed by atoms with Crippen LogP contribution in [0.4, 0.5) is 0 Å². The van der Waals surface area contributed by atoms with Crippen LogP contribution in [0.15, 0.2) is 12.4 Å². The summed E-state index contributed by atoms with van der Waals surface area (Å²) in [5.74, 6) is 4.60. The molecule has 2 fully saturated rings. The van der Waals surface area contributed by atoms with Gasteiger partial charge in [-0.15, -0.1) is 11.6 Å². The Bertz CT molecular complexity index is 587. The summed E-state index contributed by atoms with van der Waals surface area (Å²) >= 11 is 5.82. The molecule has 156 valence electrons. The highest BCUT2D eigenvalue weighted by molar-refractivity contribution is 6.17. The fourth-order valence-electron chi connectivity index (χ4n) is 5.22. The average molecular weight is 405 g/mol. The molecule has 0 unspecified atom stereocenters. The van der Waals surface area contributed by atoms with Gasteiger partial charge in [-0.3, -0.25) is 4.79 Å². The molecule has 0 radical (unpaired) electrons. The highest BCUT2D eigenvalue weighted by atomic mass is 35.5. The number of nitrogens with zero attached hydrogens (tertiary/aromatic N) is 2. The van der Waals surface area contributed by atoms with Gasteiger partial charge in [-0.05, 0) is 81.1 Å². The maximum atomic E-state index is 12.8. The number of halogens is 1. The first-order chi connectivity index (χ1) is 13.7. The van der Waals surface area contributed by atoms with Crippen LogP contribution in [0.25, 0.3) is 0 Å². The monoisotopic (exact) mass is 404 g/mol. The van der Waals surface area contributed by atoms with E-state index in [-0.39, 0.29) is 0 Å². The van der Waals surface area contributed by atoms with Crippen LogP contribution in [0, 0.1) is 17.8 Å². The lowest BCUT2D eigenvalue weighted by Crippen LogP contribution is -2.25. The third-order valence-electron chi connectivity index (χ3n) is 7.06. The first-order valence-corrected chi connectivity index (χ1v) is 12.1. The molecule has 0 amide bonds. The van der Waals surface area contributed by atoms with E-state index in [1.807, 2.05) is 12.4 Å². The van der Waals surface area contributed by atoms with Gasteiger partial charge in [0.25, 0.3) is 0 Å². The van der Waals surface area contributed by atoms with E-state index in [1.54, 1.807) is 0 Å². The Kier molecular flexibility index (Phi) is 8.76. The molecule has 28 heavy (non-hydrogen) atoms. The van der Waals surface area contributed by atoms with E-state index in [0.717, 1.165) is 69.0 Å². The highest BCUT2D eigenvalue weighted by Gasteiger charge is 2.30. The number of hydrogen-bond acceptors (Lipinski definition) is 3. The molecule has 3 nitrogen and oxygen atoms in total. The maximum absolute atomic E-state index is 12.8. The van der Waals surface area contributed by atoms with Crippen LogP contribution in [0.1, 0.15) is 101 Å². The van der Waals surface area contributed by atoms with Crippen molar-refractivity contribution in [3.8, 4) is 0 Å². The summed E-state index contributed by atoms with van der Waals surface area (Å²) in [4.78, 5) is 21.9. The second-order valence-corrected chi connectivity index (χ2v) is 9.50. The summed E-state index contributed by atoms with van der Waals surface area (Å²) in [6, 6.07) is 0. The molecule has 1 aromatic heterocycles. The zero-order valence-electron chi connectivity index (χ0n) is 17.5. The molecule has 2 saturated carbocycles. The van der Waals surface area contributed by atoms with E-state index < -0.39 is 0 Å². The van der Waals surface area contributed by atoms with E-state index in [2.05, 4.69) is 16.9 Å². The minimum Gasteiger partial charge on any atom is -0.299 e. The Hall–Kier alpha value is -0.960. The van der Waals surface area contributed by atoms with Crippen LogP contribution in [0.5, 0.6) is 0 Å². The predicted octanol–water partition coefficient (Wildman–Crippen LogP) is 6.49. The number of hydrogen-bond donors (Lipinski definition) is 0. The van der Waals surface area contributed by atoms with Crippen molar-refractivity contribution in [1.29, 1.82) is 0 Å². The number of carbonyl (C=O) groups excluding carboxylic acids is 1. The average Bonchev–Trinajstić information content (AvgIpc) is 2.74. The van der Waals surface area contributed by atoms with Crippen molar-refractivity contribution in [2.24, 2.45) is 17.8 Å². The van der Waals surface area contributed by atoms with Gasteiger partial charge < -0.3 is 0 Å². The predicted molar refractivity (Wildman–Crippen MR) is 116 cm³/mol. The SMILES string of the molecule is CCCc1ncc([C@H]2CC[C@H](C(=O)C[C@H]3CC[C@H](CCCCl)CC3)CC2)cn1. The molecule has 1 aromatic rings. The van der Waals surface area contributed by atoms with Crippen LogP contribution in [-0.4, -0.2) is 21.6 Å². The Morgan fingerprint density at radius 3 is 2.25 bits per heavy atom. The van der Waals surface area contributed by atoms with Gasteiger partial charge in [-0.2, -0.15) is 0 Å². The lowest BCUT2D eigenvalue weighted by Gasteiger charge is -2.31. The maximum Gasteiger partial charge on any atom is 0.136 e. The van der Waals surface area contributed by atoms with Gasteiger partial charge >= 0.3 is 0 Å². The number of aromatic nitrogens is 2. The fraction of sp³-hybridized carbons (Fsp3) is 0.792. The van der Waals surface area contributed by atoms with Crippen LogP contribution in [0.2, 0.25) is 0 Å². The largest absolute Gasteiger partial charge is 0.299 e. The Labute approximate surface area is 176 Å². The van der Waals surface area contributed by atoms with Gasteiger partial charge in [-0.1, -0.05) is 19.8 Å². The Morgan fingerprint density at radius 2 is 1.64 bits per heavy atom. The molecule has 2 aliphatic rings. The summed E-state index contributed by atoms with van der Waals surface area (Å²) in [7, 11) is 0. The third kappa shape index (κ3) is 6.27. The van der Waals surface area contributed by atoms with E-state index in [1.165, 1.54) is 37.7 Å². The molecule has 0 aromatic carbocycles. The third-order valence-corrected chi connectivity index (χ3v) is 7.32. The molecule has 4 heteroatoms. The summed E-state index contributed by atoms with van der Waals surface area (Å²) in [5, 5.41) is 0. The molecule has 2 aliphatic carbocycles. The molecule has 0 saturated heterocycles. The number of ketones is 1. The van der Waals surface area contributed by atoms with Crippen LogP contribution in [-0.2, 0) is 11.2 Å². The lowest BCUT2D eigenvalue weighted by atomic mass is 9.73. The highest BCUT2D eigenvalue weighted by Crippen LogP contribution is 2.38. The second kappa shape index (κ2) is 11.3. The van der Waals surface area contributed by atoms with Crippen molar-refractivity contribution in [3.63, 3.8) is 0 Å². The summed E-state index contributed by atoms with van der Waals surface area (Å²) < 4.78 is 0. The number of Topliss-reactive ketones (excluding diaryl/α,β-unsaturated/α-hetero) is 1. The number of rotatable bonds is 9. The van der Waals surface area contributed by atoms with Gasteiger partial charge in [0.2, 0.25) is 0 Å². The second-order valence-electron chi connectivity index (χ2n) is 9.12. The molecule has 0 aliphatic heterocycles.